The first-order valence-corrected chi connectivity index (χ1v) is 6.64. The Kier molecular flexibility index (Phi) is 6.24. The Morgan fingerprint density at radius 3 is 1.12 bits per heavy atom. The van der Waals surface area contributed by atoms with E-state index in [2.05, 4.69) is 0 Å². The topological polar surface area (TPSA) is 34.1 Å². The van der Waals surface area contributed by atoms with Crippen molar-refractivity contribution in [3.05, 3.63) is 45.5 Å². The Balaban J connectivity index is 3.41. The van der Waals surface area contributed by atoms with Crippen molar-refractivity contribution in [1.82, 2.24) is 0 Å². The van der Waals surface area contributed by atoms with Crippen LogP contribution < -0.4 is 0 Å². The maximum atomic E-state index is 12.5. The van der Waals surface area contributed by atoms with Gasteiger partial charge in [0.2, 0.25) is 0 Å². The lowest BCUT2D eigenvalue weighted by Gasteiger charge is -2.11. The van der Waals surface area contributed by atoms with Crippen LogP contribution in [0.2, 0.25) is 0 Å². The highest BCUT2D eigenvalue weighted by Crippen LogP contribution is 2.36. The fourth-order valence-corrected chi connectivity index (χ4v) is 1.94. The molecular weight excluding hydrogens is 385 g/mol. The summed E-state index contributed by atoms with van der Waals surface area (Å²) in [5.41, 5.74) is -2.36. The van der Waals surface area contributed by atoms with Crippen molar-refractivity contribution in [3.8, 4) is 0 Å². The number of benzene rings is 1. The van der Waals surface area contributed by atoms with Crippen LogP contribution in [0.25, 0.3) is 11.1 Å². The van der Waals surface area contributed by atoms with Crippen LogP contribution in [-0.2, 0) is 9.59 Å². The van der Waals surface area contributed by atoms with Crippen LogP contribution in [0.4, 0.5) is 26.3 Å². The van der Waals surface area contributed by atoms with Gasteiger partial charge in [-0.2, -0.15) is 26.3 Å². The van der Waals surface area contributed by atoms with Crippen LogP contribution in [-0.4, -0.2) is 24.9 Å². The summed E-state index contributed by atoms with van der Waals surface area (Å²) in [6.07, 6.45) is -10.2. The molecule has 0 saturated carbocycles. The van der Waals surface area contributed by atoms with E-state index in [-0.39, 0.29) is 23.7 Å². The number of hydrogen-bond donors (Lipinski definition) is 0. The van der Waals surface area contributed by atoms with Gasteiger partial charge in [-0.05, 0) is 11.1 Å². The van der Waals surface area contributed by atoms with Gasteiger partial charge in [0.05, 0.1) is 0 Å². The molecule has 1 aromatic carbocycles. The average Bonchev–Trinajstić information content (AvgIpc) is 2.48. The summed E-state index contributed by atoms with van der Waals surface area (Å²) in [5.74, 6) is 0. The molecule has 0 unspecified atom stereocenters. The molecule has 0 saturated heterocycles. The quantitative estimate of drug-likeness (QED) is 0.406. The number of aldehydes is 2. The monoisotopic (exact) mass is 390 g/mol. The third-order valence-electron chi connectivity index (χ3n) is 2.71. The van der Waals surface area contributed by atoms with E-state index in [4.69, 9.17) is 23.2 Å². The van der Waals surface area contributed by atoms with E-state index >= 15 is 0 Å². The molecule has 1 rings (SSSR count). The summed E-state index contributed by atoms with van der Waals surface area (Å²) in [4.78, 5) is 21.7. The van der Waals surface area contributed by atoms with Crippen LogP contribution in [0.5, 0.6) is 0 Å². The number of carbonyl (C=O) groups is 2. The molecule has 0 aliphatic rings. The van der Waals surface area contributed by atoms with Gasteiger partial charge in [0, 0.05) is 11.1 Å². The highest BCUT2D eigenvalue weighted by atomic mass is 35.5. The fourth-order valence-electron chi connectivity index (χ4n) is 1.63. The van der Waals surface area contributed by atoms with Gasteiger partial charge < -0.3 is 0 Å². The Morgan fingerprint density at radius 2 is 0.958 bits per heavy atom. The fraction of sp³-hybridized carbons (Fsp3) is 0.143. The van der Waals surface area contributed by atoms with Crippen LogP contribution in [0, 0.1) is 0 Å². The zero-order chi connectivity index (χ0) is 18.7. The second-order valence-corrected chi connectivity index (χ2v) is 5.02. The molecule has 130 valence electrons. The summed E-state index contributed by atoms with van der Waals surface area (Å²) in [5, 5.41) is -3.35. The molecule has 24 heavy (non-hydrogen) atoms. The molecule has 0 atom stereocenters. The highest BCUT2D eigenvalue weighted by Gasteiger charge is 2.36. The van der Waals surface area contributed by atoms with Gasteiger partial charge >= 0.3 is 12.4 Å². The van der Waals surface area contributed by atoms with Gasteiger partial charge in [0.1, 0.15) is 10.1 Å². The minimum atomic E-state index is -4.97. The number of hydrogen-bond acceptors (Lipinski definition) is 2. The van der Waals surface area contributed by atoms with E-state index in [0.29, 0.717) is 0 Å². The van der Waals surface area contributed by atoms with Gasteiger partial charge in [-0.15, -0.1) is 0 Å². The molecule has 2 nitrogen and oxygen atoms in total. The minimum absolute atomic E-state index is 0.135. The number of rotatable bonds is 4. The maximum Gasteiger partial charge on any atom is 0.427 e. The Morgan fingerprint density at radius 1 is 0.708 bits per heavy atom. The third-order valence-corrected chi connectivity index (χ3v) is 3.55. The Labute approximate surface area is 141 Å². The summed E-state index contributed by atoms with van der Waals surface area (Å²) < 4.78 is 75.2. The van der Waals surface area contributed by atoms with E-state index in [1.165, 1.54) is 0 Å². The smallest absolute Gasteiger partial charge is 0.298 e. The van der Waals surface area contributed by atoms with Gasteiger partial charge in [-0.25, -0.2) is 0 Å². The average molecular weight is 391 g/mol. The first-order chi connectivity index (χ1) is 10.9. The van der Waals surface area contributed by atoms with Crippen LogP contribution in [0.1, 0.15) is 11.1 Å². The van der Waals surface area contributed by atoms with Crippen LogP contribution in [0.3, 0.4) is 0 Å². The number of allylic oxidation sites excluding steroid dienone is 4. The molecule has 0 aliphatic carbocycles. The molecule has 0 bridgehead atoms. The molecule has 1 aromatic rings. The normalized spacial score (nSPS) is 14.7. The lowest BCUT2D eigenvalue weighted by molar-refractivity contribution is -0.105. The van der Waals surface area contributed by atoms with Crippen molar-refractivity contribution >= 4 is 46.9 Å². The van der Waals surface area contributed by atoms with Gasteiger partial charge in [0.15, 0.2) is 12.6 Å². The van der Waals surface area contributed by atoms with E-state index in [1.807, 2.05) is 0 Å². The lowest BCUT2D eigenvalue weighted by atomic mass is 10.0. The third kappa shape index (κ3) is 4.61. The SMILES string of the molecule is O=C/C(=C(/Cl)C(F)(F)F)c1ccc(/C(C=O)=C(\Cl)C(F)(F)F)cc1. The van der Waals surface area contributed by atoms with Crippen molar-refractivity contribution in [1.29, 1.82) is 0 Å². The summed E-state index contributed by atoms with van der Waals surface area (Å²) in [6, 6.07) is 3.66. The molecule has 0 aromatic heterocycles. The zero-order valence-corrected chi connectivity index (χ0v) is 12.8. The van der Waals surface area contributed by atoms with Gasteiger partial charge in [-0.3, -0.25) is 9.59 Å². The molecule has 0 fully saturated rings. The summed E-state index contributed by atoms with van der Waals surface area (Å²) in [7, 11) is 0. The van der Waals surface area contributed by atoms with Crippen molar-refractivity contribution in [2.75, 3.05) is 0 Å². The number of carbonyl (C=O) groups excluding carboxylic acids is 2. The molecule has 0 amide bonds. The van der Waals surface area contributed by atoms with E-state index in [1.54, 1.807) is 0 Å². The molecule has 0 N–H and O–H groups in total. The Bertz CT molecular complexity index is 638. The second-order valence-electron chi connectivity index (χ2n) is 4.26. The first kappa shape index (κ1) is 20.2. The van der Waals surface area contributed by atoms with Crippen molar-refractivity contribution in [2.45, 2.75) is 12.4 Å². The number of alkyl halides is 6. The van der Waals surface area contributed by atoms with Gasteiger partial charge in [-0.1, -0.05) is 47.5 Å². The molecule has 0 radical (unpaired) electrons. The standard InChI is InChI=1S/C14H6Cl2F6O2/c15-11(13(17,18)19)9(5-23)7-1-2-8(4-3-7)10(6-24)12(16)14(20,21)22/h1-6H/b11-9-,12-10-. The van der Waals surface area contributed by atoms with Gasteiger partial charge in [0.25, 0.3) is 0 Å². The van der Waals surface area contributed by atoms with Crippen molar-refractivity contribution in [2.24, 2.45) is 0 Å². The predicted molar refractivity (Wildman–Crippen MR) is 76.2 cm³/mol. The summed E-state index contributed by atoms with van der Waals surface area (Å²) >= 11 is 10.2. The largest absolute Gasteiger partial charge is 0.427 e. The second kappa shape index (κ2) is 7.40. The maximum absolute atomic E-state index is 12.5. The number of halogens is 8. The minimum Gasteiger partial charge on any atom is -0.298 e. The van der Waals surface area contributed by atoms with E-state index in [9.17, 15) is 35.9 Å². The first-order valence-electron chi connectivity index (χ1n) is 5.88. The van der Waals surface area contributed by atoms with Crippen molar-refractivity contribution in [3.63, 3.8) is 0 Å². The van der Waals surface area contributed by atoms with E-state index in [0.717, 1.165) is 24.3 Å². The Hall–Kier alpha value is -1.80. The molecule has 0 spiro atoms. The molecule has 10 heteroatoms. The molecular formula is C14H6Cl2F6O2. The lowest BCUT2D eigenvalue weighted by Crippen LogP contribution is -2.11. The van der Waals surface area contributed by atoms with E-state index < -0.39 is 33.6 Å². The highest BCUT2D eigenvalue weighted by molar-refractivity contribution is 6.38. The van der Waals surface area contributed by atoms with Crippen LogP contribution >= 0.6 is 23.2 Å². The predicted octanol–water partition coefficient (Wildman–Crippen LogP) is 5.11. The van der Waals surface area contributed by atoms with Crippen LogP contribution in [0.15, 0.2) is 34.3 Å². The van der Waals surface area contributed by atoms with Crippen molar-refractivity contribution < 1.29 is 35.9 Å². The molecule has 0 aliphatic heterocycles. The molecule has 0 heterocycles. The summed E-state index contributed by atoms with van der Waals surface area (Å²) in [6.45, 7) is 0. The zero-order valence-electron chi connectivity index (χ0n) is 11.3.